The monoisotopic (exact) mass is 250 g/mol. The first-order valence-corrected chi connectivity index (χ1v) is 8.58. The fraction of sp³-hybridized carbons (Fsp3) is 0.933. The van der Waals surface area contributed by atoms with E-state index < -0.39 is 0 Å². The Hall–Kier alpha value is 0.0200. The molecule has 1 aliphatic heterocycles. The van der Waals surface area contributed by atoms with Crippen molar-refractivity contribution in [3.63, 3.8) is 0 Å². The molecule has 4 bridgehead atoms. The zero-order valence-corrected chi connectivity index (χ0v) is 11.3. The van der Waals surface area contributed by atoms with Gasteiger partial charge in [0.15, 0.2) is 0 Å². The molecule has 0 amide bonds. The highest BCUT2D eigenvalue weighted by molar-refractivity contribution is 7.99. The molecule has 5 rings (SSSR count). The predicted octanol–water partition coefficient (Wildman–Crippen LogP) is 3.38. The molecule has 1 atom stereocenters. The van der Waals surface area contributed by atoms with Gasteiger partial charge in [-0.2, -0.15) is 11.8 Å². The lowest BCUT2D eigenvalue weighted by molar-refractivity contribution is -0.139. The van der Waals surface area contributed by atoms with Crippen molar-refractivity contribution in [3.8, 4) is 0 Å². The summed E-state index contributed by atoms with van der Waals surface area (Å²) in [5.74, 6) is 7.55. The average molecular weight is 250 g/mol. The number of rotatable bonds is 2. The lowest BCUT2D eigenvalue weighted by Crippen LogP contribution is -2.49. The van der Waals surface area contributed by atoms with Gasteiger partial charge < -0.3 is 0 Å². The molecule has 4 aliphatic carbocycles. The fourth-order valence-electron chi connectivity index (χ4n) is 5.42. The van der Waals surface area contributed by atoms with Gasteiger partial charge in [-0.25, -0.2) is 0 Å². The Morgan fingerprint density at radius 2 is 1.59 bits per heavy atom. The van der Waals surface area contributed by atoms with Crippen molar-refractivity contribution in [2.75, 3.05) is 11.5 Å². The molecule has 2 heteroatoms. The molecule has 0 aromatic rings. The third-order valence-corrected chi connectivity index (χ3v) is 7.05. The van der Waals surface area contributed by atoms with Crippen LogP contribution in [0.5, 0.6) is 0 Å². The van der Waals surface area contributed by atoms with Gasteiger partial charge in [-0.3, -0.25) is 4.79 Å². The van der Waals surface area contributed by atoms with E-state index in [4.69, 9.17) is 0 Å². The van der Waals surface area contributed by atoms with E-state index in [1.165, 1.54) is 44.3 Å². The van der Waals surface area contributed by atoms with Crippen molar-refractivity contribution in [3.05, 3.63) is 0 Å². The predicted molar refractivity (Wildman–Crippen MR) is 71.0 cm³/mol. The third-order valence-electron chi connectivity index (χ3n) is 5.89. The summed E-state index contributed by atoms with van der Waals surface area (Å²) in [5, 5.41) is 0. The maximum atomic E-state index is 12.7. The highest BCUT2D eigenvalue weighted by Gasteiger charge is 2.51. The van der Waals surface area contributed by atoms with Crippen molar-refractivity contribution in [2.45, 2.75) is 38.5 Å². The highest BCUT2D eigenvalue weighted by atomic mass is 32.2. The van der Waals surface area contributed by atoms with E-state index in [1.54, 1.807) is 0 Å². The number of thioether (sulfide) groups is 1. The molecule has 0 N–H and O–H groups in total. The normalized spacial score (nSPS) is 52.0. The van der Waals surface area contributed by atoms with Crippen LogP contribution >= 0.6 is 11.8 Å². The highest BCUT2D eigenvalue weighted by Crippen LogP contribution is 2.57. The van der Waals surface area contributed by atoms with Gasteiger partial charge in [0.1, 0.15) is 5.78 Å². The largest absolute Gasteiger partial charge is 0.299 e. The van der Waals surface area contributed by atoms with E-state index in [0.29, 0.717) is 17.6 Å². The zero-order valence-electron chi connectivity index (χ0n) is 10.4. The second-order valence-corrected chi connectivity index (χ2v) is 8.07. The lowest BCUT2D eigenvalue weighted by Gasteiger charge is -2.54. The second kappa shape index (κ2) is 4.01. The van der Waals surface area contributed by atoms with Crippen LogP contribution in [0.15, 0.2) is 0 Å². The smallest absolute Gasteiger partial charge is 0.140 e. The Labute approximate surface area is 108 Å². The molecule has 17 heavy (non-hydrogen) atoms. The van der Waals surface area contributed by atoms with Crippen molar-refractivity contribution in [1.82, 2.24) is 0 Å². The van der Waals surface area contributed by atoms with Crippen LogP contribution < -0.4 is 0 Å². The van der Waals surface area contributed by atoms with Gasteiger partial charge >= 0.3 is 0 Å². The quantitative estimate of drug-likeness (QED) is 0.747. The molecular formula is C15H22OS. The Morgan fingerprint density at radius 1 is 0.941 bits per heavy atom. The summed E-state index contributed by atoms with van der Waals surface area (Å²) in [6.07, 6.45) is 8.23. The summed E-state index contributed by atoms with van der Waals surface area (Å²) in [5.41, 5.74) is 0. The van der Waals surface area contributed by atoms with Crippen molar-refractivity contribution >= 4 is 17.5 Å². The topological polar surface area (TPSA) is 17.1 Å². The van der Waals surface area contributed by atoms with Gasteiger partial charge in [-0.1, -0.05) is 0 Å². The van der Waals surface area contributed by atoms with Crippen molar-refractivity contribution in [1.29, 1.82) is 0 Å². The summed E-state index contributed by atoms with van der Waals surface area (Å²) in [7, 11) is 0. The van der Waals surface area contributed by atoms with E-state index in [2.05, 4.69) is 0 Å². The van der Waals surface area contributed by atoms with Crippen molar-refractivity contribution in [2.24, 2.45) is 35.5 Å². The average Bonchev–Trinajstić information content (AvgIpc) is 2.80. The standard InChI is InChI=1S/C15H22OS/c16-15(11-1-2-17-8-11)14-12-4-9-3-10(6-12)7-13(14)5-9/h9-14H,1-8H2. The minimum Gasteiger partial charge on any atom is -0.299 e. The van der Waals surface area contributed by atoms with Gasteiger partial charge in [-0.15, -0.1) is 0 Å². The van der Waals surface area contributed by atoms with Crippen LogP contribution in [-0.4, -0.2) is 17.3 Å². The van der Waals surface area contributed by atoms with Gasteiger partial charge in [0.2, 0.25) is 0 Å². The molecule has 0 aromatic carbocycles. The van der Waals surface area contributed by atoms with Gasteiger partial charge in [-0.05, 0) is 67.9 Å². The van der Waals surface area contributed by atoms with Crippen LogP contribution in [0.2, 0.25) is 0 Å². The molecule has 4 saturated carbocycles. The van der Waals surface area contributed by atoms with Crippen molar-refractivity contribution < 1.29 is 4.79 Å². The van der Waals surface area contributed by atoms with Crippen LogP contribution in [-0.2, 0) is 4.79 Å². The van der Waals surface area contributed by atoms with E-state index in [0.717, 1.165) is 29.4 Å². The molecular weight excluding hydrogens is 228 g/mol. The molecule has 5 aliphatic rings. The maximum Gasteiger partial charge on any atom is 0.140 e. The number of Topliss-reactive ketones (excluding diaryl/α,β-unsaturated/α-hetero) is 1. The molecule has 0 aromatic heterocycles. The summed E-state index contributed by atoms with van der Waals surface area (Å²) in [6.45, 7) is 0. The Kier molecular flexibility index (Phi) is 2.57. The minimum atomic E-state index is 0.433. The van der Waals surface area contributed by atoms with Gasteiger partial charge in [0.25, 0.3) is 0 Å². The molecule has 1 saturated heterocycles. The first-order valence-electron chi connectivity index (χ1n) is 7.42. The van der Waals surface area contributed by atoms with Crippen LogP contribution in [0, 0.1) is 35.5 Å². The molecule has 5 fully saturated rings. The number of hydrogen-bond donors (Lipinski definition) is 0. The summed E-state index contributed by atoms with van der Waals surface area (Å²) in [6, 6.07) is 0. The summed E-state index contributed by atoms with van der Waals surface area (Å²) < 4.78 is 0. The molecule has 1 heterocycles. The lowest BCUT2D eigenvalue weighted by atomic mass is 9.50. The van der Waals surface area contributed by atoms with E-state index in [1.807, 2.05) is 11.8 Å². The van der Waals surface area contributed by atoms with Crippen LogP contribution in [0.25, 0.3) is 0 Å². The molecule has 94 valence electrons. The Morgan fingerprint density at radius 3 is 2.12 bits per heavy atom. The van der Waals surface area contributed by atoms with Gasteiger partial charge in [0, 0.05) is 17.6 Å². The number of carbonyl (C=O) groups is 1. The SMILES string of the molecule is O=C(C1CCSC1)C1C2CC3CC(C2)CC1C3. The number of carbonyl (C=O) groups excluding carboxylic acids is 1. The first-order chi connectivity index (χ1) is 8.31. The van der Waals surface area contributed by atoms with E-state index in [-0.39, 0.29) is 0 Å². The summed E-state index contributed by atoms with van der Waals surface area (Å²) in [4.78, 5) is 12.7. The Balaban J connectivity index is 1.55. The van der Waals surface area contributed by atoms with E-state index >= 15 is 0 Å². The van der Waals surface area contributed by atoms with E-state index in [9.17, 15) is 4.79 Å². The molecule has 0 spiro atoms. The fourth-order valence-corrected chi connectivity index (χ4v) is 6.65. The third kappa shape index (κ3) is 1.70. The number of hydrogen-bond acceptors (Lipinski definition) is 2. The Bertz CT molecular complexity index is 304. The summed E-state index contributed by atoms with van der Waals surface area (Å²) >= 11 is 1.99. The van der Waals surface area contributed by atoms with Crippen LogP contribution in [0.4, 0.5) is 0 Å². The first kappa shape index (κ1) is 10.9. The second-order valence-electron chi connectivity index (χ2n) is 6.92. The zero-order chi connectivity index (χ0) is 11.4. The maximum absolute atomic E-state index is 12.7. The molecule has 1 nitrogen and oxygen atoms in total. The molecule has 1 unspecified atom stereocenters. The van der Waals surface area contributed by atoms with Gasteiger partial charge in [0.05, 0.1) is 0 Å². The van der Waals surface area contributed by atoms with Crippen LogP contribution in [0.1, 0.15) is 38.5 Å². The van der Waals surface area contributed by atoms with Crippen LogP contribution in [0.3, 0.4) is 0 Å². The minimum absolute atomic E-state index is 0.433. The number of ketones is 1. The molecule has 0 radical (unpaired) electrons.